The Morgan fingerprint density at radius 3 is 2.84 bits per heavy atom. The number of ether oxygens (including phenoxy) is 1. The number of thiophene rings is 1. The van der Waals surface area contributed by atoms with Gasteiger partial charge < -0.3 is 9.64 Å². The molecule has 2 nitrogen and oxygen atoms in total. The van der Waals surface area contributed by atoms with Crippen LogP contribution in [0.2, 0.25) is 4.34 Å². The van der Waals surface area contributed by atoms with Crippen molar-refractivity contribution in [2.45, 2.75) is 12.0 Å². The van der Waals surface area contributed by atoms with E-state index in [-0.39, 0.29) is 5.41 Å². The second kappa shape index (κ2) is 5.76. The monoisotopic (exact) mass is 431 g/mol. The summed E-state index contributed by atoms with van der Waals surface area (Å²) in [7, 11) is 0. The average molecular weight is 433 g/mol. The van der Waals surface area contributed by atoms with E-state index in [2.05, 4.69) is 63.3 Å². The molecule has 0 saturated heterocycles. The fraction of sp³-hybridized carbons (Fsp3) is 0.200. The zero-order valence-corrected chi connectivity index (χ0v) is 16.5. The van der Waals surface area contributed by atoms with E-state index < -0.39 is 0 Å². The van der Waals surface area contributed by atoms with Crippen LogP contribution in [0.3, 0.4) is 0 Å². The number of fused-ring (bicyclic) bond motifs is 4. The summed E-state index contributed by atoms with van der Waals surface area (Å²) in [5.74, 6) is 0.999. The molecule has 0 radical (unpaired) electrons. The summed E-state index contributed by atoms with van der Waals surface area (Å²) in [5.41, 5.74) is 3.83. The van der Waals surface area contributed by atoms with Gasteiger partial charge in [-0.2, -0.15) is 0 Å². The molecule has 3 heterocycles. The Hall–Kier alpha value is -1.49. The average Bonchev–Trinajstić information content (AvgIpc) is 3.27. The summed E-state index contributed by atoms with van der Waals surface area (Å²) >= 11 is 11.4. The minimum absolute atomic E-state index is 0.100. The highest BCUT2D eigenvalue weighted by atomic mass is 79.9. The van der Waals surface area contributed by atoms with Gasteiger partial charge in [-0.05, 0) is 42.0 Å². The van der Waals surface area contributed by atoms with Crippen molar-refractivity contribution >= 4 is 44.6 Å². The van der Waals surface area contributed by atoms with E-state index in [1.54, 1.807) is 11.3 Å². The molecule has 0 saturated carbocycles. The third-order valence-electron chi connectivity index (χ3n) is 5.13. The Morgan fingerprint density at radius 1 is 1.12 bits per heavy atom. The quantitative estimate of drug-likeness (QED) is 0.502. The van der Waals surface area contributed by atoms with Gasteiger partial charge in [0, 0.05) is 27.1 Å². The SMILES string of the molecule is Clc1ccc(CN2CC3(COc4ccc(Br)cc43)c3ccccc32)s1. The molecule has 0 aliphatic carbocycles. The van der Waals surface area contributed by atoms with Crippen molar-refractivity contribution in [2.75, 3.05) is 18.1 Å². The maximum Gasteiger partial charge on any atom is 0.123 e. The molecule has 1 spiro atoms. The maximum atomic E-state index is 6.13. The highest BCUT2D eigenvalue weighted by Gasteiger charge is 2.49. The molecule has 0 bridgehead atoms. The predicted octanol–water partition coefficient (Wildman–Crippen LogP) is 5.86. The van der Waals surface area contributed by atoms with Gasteiger partial charge in [-0.25, -0.2) is 0 Å². The van der Waals surface area contributed by atoms with Crippen LogP contribution in [0, 0.1) is 0 Å². The van der Waals surface area contributed by atoms with Crippen LogP contribution in [0.1, 0.15) is 16.0 Å². The third-order valence-corrected chi connectivity index (χ3v) is 6.84. The fourth-order valence-corrected chi connectivity index (χ4v) is 5.51. The van der Waals surface area contributed by atoms with Crippen molar-refractivity contribution in [2.24, 2.45) is 0 Å². The molecule has 2 aliphatic rings. The topological polar surface area (TPSA) is 12.5 Å². The van der Waals surface area contributed by atoms with Crippen molar-refractivity contribution in [3.63, 3.8) is 0 Å². The van der Waals surface area contributed by atoms with Crippen LogP contribution in [0.5, 0.6) is 5.75 Å². The van der Waals surface area contributed by atoms with Crippen LogP contribution >= 0.6 is 38.9 Å². The van der Waals surface area contributed by atoms with E-state index in [0.29, 0.717) is 6.61 Å². The van der Waals surface area contributed by atoms with E-state index >= 15 is 0 Å². The minimum atomic E-state index is -0.100. The lowest BCUT2D eigenvalue weighted by atomic mass is 9.78. The molecule has 2 aromatic carbocycles. The first-order valence-electron chi connectivity index (χ1n) is 8.17. The van der Waals surface area contributed by atoms with Crippen molar-refractivity contribution in [1.82, 2.24) is 0 Å². The molecule has 2 aliphatic heterocycles. The highest BCUT2D eigenvalue weighted by molar-refractivity contribution is 9.10. The van der Waals surface area contributed by atoms with Gasteiger partial charge in [0.25, 0.3) is 0 Å². The van der Waals surface area contributed by atoms with Crippen molar-refractivity contribution < 1.29 is 4.74 Å². The summed E-state index contributed by atoms with van der Waals surface area (Å²) in [6, 6.07) is 19.1. The Balaban J connectivity index is 1.61. The normalized spacial score (nSPS) is 20.6. The second-order valence-corrected chi connectivity index (χ2v) is 9.31. The lowest BCUT2D eigenvalue weighted by Gasteiger charge is -2.25. The number of para-hydroxylation sites is 1. The molecule has 5 rings (SSSR count). The van der Waals surface area contributed by atoms with Gasteiger partial charge in [0.1, 0.15) is 12.4 Å². The number of nitrogens with zero attached hydrogens (tertiary/aromatic N) is 1. The van der Waals surface area contributed by atoms with Crippen molar-refractivity contribution in [3.05, 3.63) is 79.4 Å². The fourth-order valence-electron chi connectivity index (χ4n) is 4.05. The van der Waals surface area contributed by atoms with E-state index in [9.17, 15) is 0 Å². The Kier molecular flexibility index (Phi) is 3.63. The molecule has 1 aromatic heterocycles. The molecule has 0 fully saturated rings. The number of hydrogen-bond acceptors (Lipinski definition) is 3. The van der Waals surface area contributed by atoms with Crippen LogP contribution < -0.4 is 9.64 Å². The lowest BCUT2D eigenvalue weighted by Crippen LogP contribution is -2.35. The van der Waals surface area contributed by atoms with E-state index in [1.807, 2.05) is 12.1 Å². The standard InChI is InChI=1S/C20H15BrClNOS/c21-13-5-7-18-16(9-13)20(12-24-18)11-23(10-14-6-8-19(22)25-14)17-4-2-1-3-15(17)20/h1-9H,10-12H2. The lowest BCUT2D eigenvalue weighted by molar-refractivity contribution is 0.299. The zero-order valence-electron chi connectivity index (χ0n) is 13.3. The number of rotatable bonds is 2. The zero-order chi connectivity index (χ0) is 17.0. The third kappa shape index (κ3) is 2.42. The summed E-state index contributed by atoms with van der Waals surface area (Å²) in [5, 5.41) is 0. The van der Waals surface area contributed by atoms with E-state index in [4.69, 9.17) is 16.3 Å². The van der Waals surface area contributed by atoms with Gasteiger partial charge in [0.2, 0.25) is 0 Å². The number of hydrogen-bond donors (Lipinski definition) is 0. The molecule has 5 heteroatoms. The van der Waals surface area contributed by atoms with Crippen LogP contribution in [0.4, 0.5) is 5.69 Å². The molecule has 126 valence electrons. The van der Waals surface area contributed by atoms with Crippen LogP contribution in [-0.2, 0) is 12.0 Å². The first-order chi connectivity index (χ1) is 12.2. The Morgan fingerprint density at radius 2 is 2.00 bits per heavy atom. The summed E-state index contributed by atoms with van der Waals surface area (Å²) in [6.45, 7) is 2.49. The molecule has 3 aromatic rings. The number of halogens is 2. The van der Waals surface area contributed by atoms with Gasteiger partial charge >= 0.3 is 0 Å². The summed E-state index contributed by atoms with van der Waals surface area (Å²) in [4.78, 5) is 3.74. The van der Waals surface area contributed by atoms with Gasteiger partial charge in [0.15, 0.2) is 0 Å². The number of benzene rings is 2. The Labute approximate surface area is 164 Å². The largest absolute Gasteiger partial charge is 0.492 e. The molecule has 1 unspecified atom stereocenters. The van der Waals surface area contributed by atoms with Gasteiger partial charge in [0.05, 0.1) is 16.3 Å². The molecule has 1 atom stereocenters. The van der Waals surface area contributed by atoms with Crippen LogP contribution in [0.25, 0.3) is 0 Å². The van der Waals surface area contributed by atoms with Crippen molar-refractivity contribution in [3.8, 4) is 5.75 Å². The molecular formula is C20H15BrClNOS. The second-order valence-electron chi connectivity index (χ2n) is 6.59. The molecule has 25 heavy (non-hydrogen) atoms. The number of anilines is 1. The first kappa shape index (κ1) is 15.7. The first-order valence-corrected chi connectivity index (χ1v) is 10.2. The van der Waals surface area contributed by atoms with E-state index in [1.165, 1.54) is 21.7 Å². The molecular weight excluding hydrogens is 418 g/mol. The molecule has 0 N–H and O–H groups in total. The van der Waals surface area contributed by atoms with Gasteiger partial charge in [-0.3, -0.25) is 0 Å². The van der Waals surface area contributed by atoms with Gasteiger partial charge in [-0.1, -0.05) is 45.7 Å². The van der Waals surface area contributed by atoms with Crippen molar-refractivity contribution in [1.29, 1.82) is 0 Å². The smallest absolute Gasteiger partial charge is 0.123 e. The van der Waals surface area contributed by atoms with Crippen LogP contribution in [0.15, 0.2) is 59.1 Å². The Bertz CT molecular complexity index is 972. The van der Waals surface area contributed by atoms with E-state index in [0.717, 1.165) is 27.6 Å². The summed E-state index contributed by atoms with van der Waals surface area (Å²) < 4.78 is 8.02. The maximum absolute atomic E-state index is 6.13. The van der Waals surface area contributed by atoms with Gasteiger partial charge in [-0.15, -0.1) is 11.3 Å². The summed E-state index contributed by atoms with van der Waals surface area (Å²) in [6.07, 6.45) is 0. The molecule has 0 amide bonds. The highest BCUT2D eigenvalue weighted by Crippen LogP contribution is 2.52. The van der Waals surface area contributed by atoms with Crippen LogP contribution in [-0.4, -0.2) is 13.2 Å². The predicted molar refractivity (Wildman–Crippen MR) is 107 cm³/mol. The minimum Gasteiger partial charge on any atom is -0.492 e.